The van der Waals surface area contributed by atoms with Crippen LogP contribution in [0.25, 0.3) is 0 Å². The van der Waals surface area contributed by atoms with Crippen LogP contribution in [0, 0.1) is 0 Å². The van der Waals surface area contributed by atoms with E-state index in [1.54, 1.807) is 0 Å². The fourth-order valence-electron chi connectivity index (χ4n) is 2.37. The van der Waals surface area contributed by atoms with Gasteiger partial charge in [-0.2, -0.15) is 0 Å². The molecule has 0 saturated heterocycles. The minimum atomic E-state index is 0.326. The van der Waals surface area contributed by atoms with Crippen molar-refractivity contribution in [3.8, 4) is 0 Å². The van der Waals surface area contributed by atoms with Crippen LogP contribution >= 0.6 is 11.6 Å². The molecule has 106 valence electrons. The number of hydrogen-bond donors (Lipinski definition) is 0. The lowest BCUT2D eigenvalue weighted by Gasteiger charge is -2.21. The van der Waals surface area contributed by atoms with Gasteiger partial charge in [0.15, 0.2) is 0 Å². The van der Waals surface area contributed by atoms with Crippen molar-refractivity contribution in [2.45, 2.75) is 77.2 Å². The summed E-state index contributed by atoms with van der Waals surface area (Å²) >= 11 is 5.75. The van der Waals surface area contributed by atoms with Gasteiger partial charge >= 0.3 is 0 Å². The van der Waals surface area contributed by atoms with E-state index in [0.717, 1.165) is 19.4 Å². The number of nitrogens with zero attached hydrogens (tertiary/aromatic N) is 1. The van der Waals surface area contributed by atoms with Crippen molar-refractivity contribution in [3.63, 3.8) is 0 Å². The summed E-state index contributed by atoms with van der Waals surface area (Å²) in [5, 5.41) is 0. The minimum absolute atomic E-state index is 0.326. The Morgan fingerprint density at radius 2 is 1.72 bits per heavy atom. The first kappa shape index (κ1) is 15.8. The second-order valence-corrected chi connectivity index (χ2v) is 5.76. The highest BCUT2D eigenvalue weighted by atomic mass is 35.5. The van der Waals surface area contributed by atoms with Crippen LogP contribution in [0.1, 0.15) is 71.1 Å². The number of alkyl halides is 1. The molecule has 0 unspecified atom stereocenters. The van der Waals surface area contributed by atoms with Gasteiger partial charge in [0.1, 0.15) is 0 Å². The molecule has 0 aromatic heterocycles. The van der Waals surface area contributed by atoms with Crippen molar-refractivity contribution >= 4 is 17.5 Å². The summed E-state index contributed by atoms with van der Waals surface area (Å²) in [5.41, 5.74) is 0. The third-order valence-electron chi connectivity index (χ3n) is 3.63. The number of unbranched alkanes of at least 4 members (excludes halogenated alkanes) is 6. The molecule has 0 heterocycles. The Kier molecular flexibility index (Phi) is 8.49. The highest BCUT2D eigenvalue weighted by molar-refractivity contribution is 6.18. The van der Waals surface area contributed by atoms with E-state index in [9.17, 15) is 4.79 Å². The second kappa shape index (κ2) is 9.66. The summed E-state index contributed by atoms with van der Waals surface area (Å²) in [6.45, 7) is 2.98. The Labute approximate surface area is 117 Å². The SMILES string of the molecule is CCCCCCCCCC(=O)N(CCCl)C1CC1. The second-order valence-electron chi connectivity index (χ2n) is 5.38. The average molecular weight is 274 g/mol. The Hall–Kier alpha value is -0.240. The summed E-state index contributed by atoms with van der Waals surface area (Å²) in [6, 6.07) is 0.515. The number of hydrogen-bond acceptors (Lipinski definition) is 1. The topological polar surface area (TPSA) is 20.3 Å². The van der Waals surface area contributed by atoms with Crippen LogP contribution in [-0.2, 0) is 4.79 Å². The molecular weight excluding hydrogens is 246 g/mol. The molecule has 18 heavy (non-hydrogen) atoms. The molecule has 1 aliphatic carbocycles. The fourth-order valence-corrected chi connectivity index (χ4v) is 2.55. The summed E-state index contributed by atoms with van der Waals surface area (Å²) < 4.78 is 0. The maximum atomic E-state index is 12.0. The van der Waals surface area contributed by atoms with E-state index < -0.39 is 0 Å². The lowest BCUT2D eigenvalue weighted by Crippen LogP contribution is -2.34. The van der Waals surface area contributed by atoms with E-state index >= 15 is 0 Å². The van der Waals surface area contributed by atoms with Crippen molar-refractivity contribution in [2.75, 3.05) is 12.4 Å². The van der Waals surface area contributed by atoms with Crippen LogP contribution in [0.5, 0.6) is 0 Å². The largest absolute Gasteiger partial charge is 0.339 e. The Morgan fingerprint density at radius 1 is 1.11 bits per heavy atom. The number of carbonyl (C=O) groups is 1. The molecule has 0 aromatic rings. The van der Waals surface area contributed by atoms with Crippen LogP contribution in [0.2, 0.25) is 0 Å². The zero-order valence-corrected chi connectivity index (χ0v) is 12.6. The van der Waals surface area contributed by atoms with Crippen molar-refractivity contribution in [2.24, 2.45) is 0 Å². The van der Waals surface area contributed by atoms with Crippen LogP contribution in [-0.4, -0.2) is 29.3 Å². The van der Waals surface area contributed by atoms with E-state index in [-0.39, 0.29) is 0 Å². The molecule has 0 spiro atoms. The zero-order chi connectivity index (χ0) is 13.2. The van der Waals surface area contributed by atoms with Gasteiger partial charge in [-0.05, 0) is 19.3 Å². The standard InChI is InChI=1S/C15H28ClNO/c1-2-3-4-5-6-7-8-9-15(18)17(13-12-16)14-10-11-14/h14H,2-13H2,1H3. The molecular formula is C15H28ClNO. The maximum absolute atomic E-state index is 12.0. The first-order chi connectivity index (χ1) is 8.79. The molecule has 1 aliphatic rings. The van der Waals surface area contributed by atoms with Crippen molar-refractivity contribution in [1.82, 2.24) is 4.90 Å². The molecule has 0 bridgehead atoms. The summed E-state index contributed by atoms with van der Waals surface area (Å²) in [7, 11) is 0. The Bertz CT molecular complexity index is 229. The zero-order valence-electron chi connectivity index (χ0n) is 11.8. The van der Waals surface area contributed by atoms with Gasteiger partial charge in [-0.1, -0.05) is 45.4 Å². The van der Waals surface area contributed by atoms with Gasteiger partial charge in [0.2, 0.25) is 5.91 Å². The van der Waals surface area contributed by atoms with Crippen LogP contribution in [0.15, 0.2) is 0 Å². The van der Waals surface area contributed by atoms with Gasteiger partial charge < -0.3 is 4.90 Å². The van der Waals surface area contributed by atoms with Gasteiger partial charge in [-0.15, -0.1) is 11.6 Å². The van der Waals surface area contributed by atoms with E-state index in [1.807, 2.05) is 4.90 Å². The highest BCUT2D eigenvalue weighted by Crippen LogP contribution is 2.27. The van der Waals surface area contributed by atoms with Crippen LogP contribution < -0.4 is 0 Å². The fraction of sp³-hybridized carbons (Fsp3) is 0.933. The predicted octanol–water partition coefficient (Wildman–Crippen LogP) is 4.36. The number of halogens is 1. The average Bonchev–Trinajstić information content (AvgIpc) is 3.19. The normalized spacial score (nSPS) is 14.8. The lowest BCUT2D eigenvalue weighted by atomic mass is 10.1. The molecule has 0 aliphatic heterocycles. The minimum Gasteiger partial charge on any atom is -0.339 e. The van der Waals surface area contributed by atoms with E-state index in [4.69, 9.17) is 11.6 Å². The predicted molar refractivity (Wildman–Crippen MR) is 78.1 cm³/mol. The van der Waals surface area contributed by atoms with Gasteiger partial charge in [0.05, 0.1) is 0 Å². The van der Waals surface area contributed by atoms with Gasteiger partial charge in [0, 0.05) is 24.9 Å². The molecule has 0 aromatic carbocycles. The molecule has 3 heteroatoms. The van der Waals surface area contributed by atoms with Crippen molar-refractivity contribution < 1.29 is 4.79 Å². The molecule has 0 N–H and O–H groups in total. The molecule has 2 nitrogen and oxygen atoms in total. The summed E-state index contributed by atoms with van der Waals surface area (Å²) in [5.74, 6) is 0.894. The van der Waals surface area contributed by atoms with Crippen molar-refractivity contribution in [1.29, 1.82) is 0 Å². The first-order valence-corrected chi connectivity index (χ1v) is 8.18. The summed E-state index contributed by atoms with van der Waals surface area (Å²) in [6.07, 6.45) is 12.0. The smallest absolute Gasteiger partial charge is 0.222 e. The van der Waals surface area contributed by atoms with Crippen LogP contribution in [0.3, 0.4) is 0 Å². The number of rotatable bonds is 11. The molecule has 1 rings (SSSR count). The van der Waals surface area contributed by atoms with E-state index in [1.165, 1.54) is 51.4 Å². The lowest BCUT2D eigenvalue weighted by molar-refractivity contribution is -0.131. The third-order valence-corrected chi connectivity index (χ3v) is 3.80. The van der Waals surface area contributed by atoms with E-state index in [0.29, 0.717) is 17.8 Å². The molecule has 0 atom stereocenters. The molecule has 1 fully saturated rings. The Balaban J connectivity index is 2.01. The quantitative estimate of drug-likeness (QED) is 0.405. The maximum Gasteiger partial charge on any atom is 0.222 e. The molecule has 0 radical (unpaired) electrons. The number of carbonyl (C=O) groups excluding carboxylic acids is 1. The number of amides is 1. The van der Waals surface area contributed by atoms with Gasteiger partial charge in [-0.25, -0.2) is 0 Å². The molecule has 1 amide bonds. The van der Waals surface area contributed by atoms with Gasteiger partial charge in [-0.3, -0.25) is 4.79 Å². The monoisotopic (exact) mass is 273 g/mol. The van der Waals surface area contributed by atoms with E-state index in [2.05, 4.69) is 6.92 Å². The Morgan fingerprint density at radius 3 is 2.28 bits per heavy atom. The van der Waals surface area contributed by atoms with Gasteiger partial charge in [0.25, 0.3) is 0 Å². The highest BCUT2D eigenvalue weighted by Gasteiger charge is 2.31. The van der Waals surface area contributed by atoms with Crippen molar-refractivity contribution in [3.05, 3.63) is 0 Å². The first-order valence-electron chi connectivity index (χ1n) is 7.65. The van der Waals surface area contributed by atoms with Crippen LogP contribution in [0.4, 0.5) is 0 Å². The summed E-state index contributed by atoms with van der Waals surface area (Å²) in [4.78, 5) is 14.0. The molecule has 1 saturated carbocycles. The third kappa shape index (κ3) is 6.63.